The summed E-state index contributed by atoms with van der Waals surface area (Å²) in [5.74, 6) is 1.15. The highest BCUT2D eigenvalue weighted by Crippen LogP contribution is 2.17. The summed E-state index contributed by atoms with van der Waals surface area (Å²) < 4.78 is 4.57. The van der Waals surface area contributed by atoms with Crippen molar-refractivity contribution >= 4 is 29.1 Å². The van der Waals surface area contributed by atoms with Crippen molar-refractivity contribution in [3.63, 3.8) is 0 Å². The van der Waals surface area contributed by atoms with Crippen molar-refractivity contribution in [1.29, 1.82) is 0 Å². The Balaban J connectivity index is 1.81. The lowest BCUT2D eigenvalue weighted by atomic mass is 10.2. The number of nitrogens with zero attached hydrogens (tertiary/aromatic N) is 2. The van der Waals surface area contributed by atoms with Gasteiger partial charge < -0.3 is 15.4 Å². The molecule has 8 heteroatoms. The van der Waals surface area contributed by atoms with Crippen LogP contribution in [-0.2, 0) is 17.8 Å². The summed E-state index contributed by atoms with van der Waals surface area (Å²) in [4.78, 5) is 20.0. The monoisotopic (exact) mass is 375 g/mol. The van der Waals surface area contributed by atoms with Crippen LogP contribution >= 0.6 is 11.3 Å². The second-order valence-electron chi connectivity index (χ2n) is 5.91. The molecule has 0 atom stereocenters. The first kappa shape index (κ1) is 19.7. The van der Waals surface area contributed by atoms with Crippen LogP contribution in [0.25, 0.3) is 0 Å². The van der Waals surface area contributed by atoms with Crippen molar-refractivity contribution in [1.82, 2.24) is 15.6 Å². The molecule has 0 aliphatic carbocycles. The van der Waals surface area contributed by atoms with Gasteiger partial charge in [-0.05, 0) is 23.6 Å². The molecule has 2 rings (SSSR count). The summed E-state index contributed by atoms with van der Waals surface area (Å²) in [6, 6.07) is 7.52. The third-order valence-electron chi connectivity index (χ3n) is 3.64. The van der Waals surface area contributed by atoms with Gasteiger partial charge in [0, 0.05) is 24.7 Å². The molecule has 1 amide bonds. The predicted octanol–water partition coefficient (Wildman–Crippen LogP) is 3.31. The molecule has 0 spiro atoms. The lowest BCUT2D eigenvalue weighted by Gasteiger charge is -2.11. The second kappa shape index (κ2) is 9.76. The summed E-state index contributed by atoms with van der Waals surface area (Å²) in [6.07, 6.45) is -0.483. The molecule has 1 aromatic heterocycles. The number of nitrogens with one attached hydrogen (secondary N) is 3. The number of hydrogen-bond acceptors (Lipinski definition) is 5. The number of guanidine groups is 1. The molecule has 0 saturated heterocycles. The van der Waals surface area contributed by atoms with Gasteiger partial charge in [-0.25, -0.2) is 9.78 Å². The van der Waals surface area contributed by atoms with Gasteiger partial charge in [-0.15, -0.1) is 11.3 Å². The van der Waals surface area contributed by atoms with Crippen LogP contribution in [0.5, 0.6) is 0 Å². The zero-order valence-electron chi connectivity index (χ0n) is 15.5. The normalized spacial score (nSPS) is 11.3. The third kappa shape index (κ3) is 6.03. The minimum Gasteiger partial charge on any atom is -0.453 e. The number of aliphatic imine (C=N–C) groups is 1. The van der Waals surface area contributed by atoms with Crippen molar-refractivity contribution in [2.45, 2.75) is 32.9 Å². The number of benzene rings is 1. The van der Waals surface area contributed by atoms with Gasteiger partial charge in [-0.3, -0.25) is 10.3 Å². The number of rotatable bonds is 6. The van der Waals surface area contributed by atoms with Gasteiger partial charge in [-0.2, -0.15) is 0 Å². The molecule has 0 aliphatic heterocycles. The average molecular weight is 375 g/mol. The highest BCUT2D eigenvalue weighted by Gasteiger charge is 2.06. The minimum absolute atomic E-state index is 0.439. The number of carbonyl (C=O) groups is 1. The molecule has 1 aromatic carbocycles. The minimum atomic E-state index is -0.483. The third-order valence-corrected chi connectivity index (χ3v) is 4.50. The molecule has 0 radical (unpaired) electrons. The Hall–Kier alpha value is -2.61. The van der Waals surface area contributed by atoms with Gasteiger partial charge in [0.1, 0.15) is 5.01 Å². The predicted molar refractivity (Wildman–Crippen MR) is 106 cm³/mol. The smallest absolute Gasteiger partial charge is 0.411 e. The Kier molecular flexibility index (Phi) is 7.40. The van der Waals surface area contributed by atoms with Gasteiger partial charge in [0.25, 0.3) is 0 Å². The van der Waals surface area contributed by atoms with Crippen LogP contribution in [0, 0.1) is 0 Å². The lowest BCUT2D eigenvalue weighted by molar-refractivity contribution is 0.187. The number of ether oxygens (including phenoxy) is 1. The maximum absolute atomic E-state index is 11.2. The Morgan fingerprint density at radius 2 is 1.92 bits per heavy atom. The second-order valence-corrected chi connectivity index (χ2v) is 6.86. The van der Waals surface area contributed by atoms with Crippen LogP contribution in [0.4, 0.5) is 10.5 Å². The molecule has 7 nitrogen and oxygen atoms in total. The molecule has 140 valence electrons. The Morgan fingerprint density at radius 1 is 1.23 bits per heavy atom. The SMILES string of the molecule is CN=C(NCc1ccc(NC(=O)OC)cc1)NCc1nc(C(C)C)cs1. The van der Waals surface area contributed by atoms with E-state index >= 15 is 0 Å². The summed E-state index contributed by atoms with van der Waals surface area (Å²) in [5.41, 5.74) is 2.88. The van der Waals surface area contributed by atoms with Crippen molar-refractivity contribution in [3.8, 4) is 0 Å². The molecule has 3 N–H and O–H groups in total. The van der Waals surface area contributed by atoms with Crippen LogP contribution in [0.15, 0.2) is 34.6 Å². The van der Waals surface area contributed by atoms with E-state index in [4.69, 9.17) is 0 Å². The first-order chi connectivity index (χ1) is 12.5. The highest BCUT2D eigenvalue weighted by molar-refractivity contribution is 7.09. The van der Waals surface area contributed by atoms with E-state index in [1.165, 1.54) is 7.11 Å². The Morgan fingerprint density at radius 3 is 2.50 bits per heavy atom. The molecule has 1 heterocycles. The molecule has 26 heavy (non-hydrogen) atoms. The van der Waals surface area contributed by atoms with Crippen molar-refractivity contribution < 1.29 is 9.53 Å². The number of carbonyl (C=O) groups excluding carboxylic acids is 1. The van der Waals surface area contributed by atoms with Gasteiger partial charge in [0.05, 0.1) is 19.3 Å². The fourth-order valence-electron chi connectivity index (χ4n) is 2.11. The summed E-state index contributed by atoms with van der Waals surface area (Å²) in [5, 5.41) is 12.3. The largest absolute Gasteiger partial charge is 0.453 e. The quantitative estimate of drug-likeness (QED) is 0.533. The maximum Gasteiger partial charge on any atom is 0.411 e. The number of thiazole rings is 1. The molecule has 0 bridgehead atoms. The van der Waals surface area contributed by atoms with E-state index in [1.54, 1.807) is 18.4 Å². The van der Waals surface area contributed by atoms with Crippen LogP contribution in [0.3, 0.4) is 0 Å². The number of aromatic nitrogens is 1. The van der Waals surface area contributed by atoms with E-state index < -0.39 is 6.09 Å². The molecule has 0 fully saturated rings. The first-order valence-corrected chi connectivity index (χ1v) is 9.22. The lowest BCUT2D eigenvalue weighted by Crippen LogP contribution is -2.36. The van der Waals surface area contributed by atoms with E-state index in [2.05, 4.69) is 49.9 Å². The van der Waals surface area contributed by atoms with E-state index in [1.807, 2.05) is 24.3 Å². The van der Waals surface area contributed by atoms with Crippen LogP contribution in [0.1, 0.15) is 36.0 Å². The maximum atomic E-state index is 11.2. The molecular weight excluding hydrogens is 350 g/mol. The highest BCUT2D eigenvalue weighted by atomic mass is 32.1. The number of methoxy groups -OCH3 is 1. The first-order valence-electron chi connectivity index (χ1n) is 8.34. The van der Waals surface area contributed by atoms with E-state index in [0.29, 0.717) is 30.7 Å². The molecule has 0 saturated carbocycles. The Labute approximate surface area is 157 Å². The van der Waals surface area contributed by atoms with Crippen LogP contribution in [-0.4, -0.2) is 31.2 Å². The van der Waals surface area contributed by atoms with Crippen molar-refractivity contribution in [2.75, 3.05) is 19.5 Å². The van der Waals surface area contributed by atoms with Gasteiger partial charge >= 0.3 is 6.09 Å². The molecule has 0 unspecified atom stereocenters. The van der Waals surface area contributed by atoms with Crippen LogP contribution in [0.2, 0.25) is 0 Å². The zero-order valence-corrected chi connectivity index (χ0v) is 16.3. The standard InChI is InChI=1S/C18H25N5O2S/c1-12(2)15-11-26-16(23-15)10-21-17(19-3)20-9-13-5-7-14(8-6-13)22-18(24)25-4/h5-8,11-12H,9-10H2,1-4H3,(H,22,24)(H2,19,20,21). The van der Waals surface area contributed by atoms with E-state index in [0.717, 1.165) is 16.3 Å². The summed E-state index contributed by atoms with van der Waals surface area (Å²) in [6.45, 7) is 5.53. The Bertz CT molecular complexity index is 740. The summed E-state index contributed by atoms with van der Waals surface area (Å²) in [7, 11) is 3.07. The fourth-order valence-corrected chi connectivity index (χ4v) is 3.01. The average Bonchev–Trinajstić information content (AvgIpc) is 3.12. The van der Waals surface area contributed by atoms with Gasteiger partial charge in [-0.1, -0.05) is 26.0 Å². The van der Waals surface area contributed by atoms with Gasteiger partial charge in [0.15, 0.2) is 5.96 Å². The van der Waals surface area contributed by atoms with E-state index in [9.17, 15) is 4.79 Å². The topological polar surface area (TPSA) is 87.6 Å². The fraction of sp³-hybridized carbons (Fsp3) is 0.389. The number of anilines is 1. The van der Waals surface area contributed by atoms with Crippen molar-refractivity contribution in [3.05, 3.63) is 45.9 Å². The number of hydrogen-bond donors (Lipinski definition) is 3. The zero-order chi connectivity index (χ0) is 18.9. The van der Waals surface area contributed by atoms with Gasteiger partial charge in [0.2, 0.25) is 0 Å². The summed E-state index contributed by atoms with van der Waals surface area (Å²) >= 11 is 1.65. The van der Waals surface area contributed by atoms with E-state index in [-0.39, 0.29) is 0 Å². The molecular formula is C18H25N5O2S. The number of amides is 1. The molecule has 2 aromatic rings. The molecule has 0 aliphatic rings. The van der Waals surface area contributed by atoms with Crippen molar-refractivity contribution in [2.24, 2.45) is 4.99 Å². The van der Waals surface area contributed by atoms with Crippen LogP contribution < -0.4 is 16.0 Å².